The van der Waals surface area contributed by atoms with E-state index in [2.05, 4.69) is 16.4 Å². The van der Waals surface area contributed by atoms with E-state index in [9.17, 15) is 0 Å². The van der Waals surface area contributed by atoms with Crippen molar-refractivity contribution in [1.29, 1.82) is 0 Å². The lowest BCUT2D eigenvalue weighted by Gasteiger charge is -2.14. The molecule has 1 fully saturated rings. The van der Waals surface area contributed by atoms with Crippen molar-refractivity contribution in [3.05, 3.63) is 22.2 Å². The van der Waals surface area contributed by atoms with Crippen LogP contribution in [0.15, 0.2) is 17.2 Å². The number of rotatable bonds is 1. The molecule has 0 spiro atoms. The van der Waals surface area contributed by atoms with Crippen molar-refractivity contribution >= 4 is 17.4 Å². The van der Waals surface area contributed by atoms with E-state index in [0.29, 0.717) is 0 Å². The molecule has 0 aliphatic carbocycles. The van der Waals surface area contributed by atoms with Crippen LogP contribution in [0.4, 0.5) is 0 Å². The van der Waals surface area contributed by atoms with Crippen molar-refractivity contribution < 1.29 is 0 Å². The Morgan fingerprint density at radius 2 is 2.58 bits per heavy atom. The van der Waals surface area contributed by atoms with Crippen LogP contribution in [0.3, 0.4) is 0 Å². The lowest BCUT2D eigenvalue weighted by molar-refractivity contribution is 0.613. The molecule has 1 N–H and O–H groups in total. The number of piperidine rings is 1. The molecule has 2 nitrogen and oxygen atoms in total. The van der Waals surface area contributed by atoms with Crippen molar-refractivity contribution in [2.45, 2.75) is 12.8 Å². The third kappa shape index (κ3) is 1.93. The van der Waals surface area contributed by atoms with Gasteiger partial charge in [-0.3, -0.25) is 0 Å². The van der Waals surface area contributed by atoms with E-state index in [-0.39, 0.29) is 0 Å². The van der Waals surface area contributed by atoms with Gasteiger partial charge in [-0.2, -0.15) is 0 Å². The Bertz CT molecular complexity index is 256. The summed E-state index contributed by atoms with van der Waals surface area (Å²) < 4.78 is 0. The average molecular weight is 180 g/mol. The van der Waals surface area contributed by atoms with E-state index in [1.165, 1.54) is 18.4 Å². The molecule has 0 aromatic carbocycles. The Hall–Kier alpha value is -0.670. The van der Waals surface area contributed by atoms with Gasteiger partial charge in [0.25, 0.3) is 0 Å². The largest absolute Gasteiger partial charge is 0.313 e. The van der Waals surface area contributed by atoms with Gasteiger partial charge in [-0.1, -0.05) is 5.57 Å². The molecule has 1 aliphatic heterocycles. The molecule has 2 heterocycles. The number of nitrogens with one attached hydrogen (secondary N) is 1. The van der Waals surface area contributed by atoms with E-state index < -0.39 is 0 Å². The number of hydrogen-bond acceptors (Lipinski definition) is 3. The van der Waals surface area contributed by atoms with E-state index in [1.807, 2.05) is 11.6 Å². The zero-order valence-corrected chi connectivity index (χ0v) is 7.73. The second-order valence-corrected chi connectivity index (χ2v) is 3.88. The molecule has 0 atom stereocenters. The minimum absolute atomic E-state index is 1.04. The molecular weight excluding hydrogens is 168 g/mol. The standard InChI is InChI=1S/C9H12N2S/c1-2-8(7-10-3-1)6-9-11-4-5-12-9/h4-6,10H,1-3,7H2. The number of thiazole rings is 1. The van der Waals surface area contributed by atoms with Crippen LogP contribution in [-0.4, -0.2) is 18.1 Å². The maximum atomic E-state index is 4.22. The van der Waals surface area contributed by atoms with Crippen molar-refractivity contribution in [3.63, 3.8) is 0 Å². The Balaban J connectivity index is 2.07. The molecular formula is C9H12N2S. The molecule has 12 heavy (non-hydrogen) atoms. The third-order valence-corrected chi connectivity index (χ3v) is 2.71. The monoisotopic (exact) mass is 180 g/mol. The summed E-state index contributed by atoms with van der Waals surface area (Å²) in [4.78, 5) is 4.22. The molecule has 1 aromatic rings. The molecule has 1 saturated heterocycles. The van der Waals surface area contributed by atoms with Gasteiger partial charge in [0.2, 0.25) is 0 Å². The van der Waals surface area contributed by atoms with Gasteiger partial charge in [0.05, 0.1) is 0 Å². The summed E-state index contributed by atoms with van der Waals surface area (Å²) in [5.41, 5.74) is 1.48. The van der Waals surface area contributed by atoms with Crippen LogP contribution in [0.5, 0.6) is 0 Å². The van der Waals surface area contributed by atoms with Gasteiger partial charge < -0.3 is 5.32 Å². The van der Waals surface area contributed by atoms with Gasteiger partial charge in [-0.25, -0.2) is 4.98 Å². The van der Waals surface area contributed by atoms with Gasteiger partial charge >= 0.3 is 0 Å². The first kappa shape index (κ1) is 7.95. The Labute approximate surface area is 76.3 Å². The van der Waals surface area contributed by atoms with Crippen LogP contribution >= 0.6 is 11.3 Å². The van der Waals surface area contributed by atoms with Crippen LogP contribution in [-0.2, 0) is 0 Å². The van der Waals surface area contributed by atoms with Gasteiger partial charge in [-0.15, -0.1) is 11.3 Å². The molecule has 3 heteroatoms. The zero-order valence-electron chi connectivity index (χ0n) is 6.92. The quantitative estimate of drug-likeness (QED) is 0.714. The summed E-state index contributed by atoms with van der Waals surface area (Å²) in [7, 11) is 0. The van der Waals surface area contributed by atoms with Gasteiger partial charge in [0.1, 0.15) is 5.01 Å². The van der Waals surface area contributed by atoms with Gasteiger partial charge in [0.15, 0.2) is 0 Å². The molecule has 0 bridgehead atoms. The highest BCUT2D eigenvalue weighted by Crippen LogP contribution is 2.14. The first-order valence-corrected chi connectivity index (χ1v) is 5.13. The van der Waals surface area contributed by atoms with Crippen LogP contribution < -0.4 is 5.32 Å². The predicted octanol–water partition coefficient (Wildman–Crippen LogP) is 1.91. The number of aromatic nitrogens is 1. The molecule has 0 radical (unpaired) electrons. The second-order valence-electron chi connectivity index (χ2n) is 2.95. The highest BCUT2D eigenvalue weighted by Gasteiger charge is 2.04. The predicted molar refractivity (Wildman–Crippen MR) is 52.2 cm³/mol. The average Bonchev–Trinajstić information content (AvgIpc) is 2.59. The highest BCUT2D eigenvalue weighted by atomic mass is 32.1. The van der Waals surface area contributed by atoms with Crippen LogP contribution in [0.2, 0.25) is 0 Å². The summed E-state index contributed by atoms with van der Waals surface area (Å²) >= 11 is 1.70. The molecule has 0 saturated carbocycles. The molecule has 2 rings (SSSR count). The summed E-state index contributed by atoms with van der Waals surface area (Å²) in [6.07, 6.45) is 6.55. The normalized spacial score (nSPS) is 21.5. The van der Waals surface area contributed by atoms with E-state index in [4.69, 9.17) is 0 Å². The minimum Gasteiger partial charge on any atom is -0.313 e. The first-order valence-electron chi connectivity index (χ1n) is 4.25. The molecule has 1 aliphatic rings. The van der Waals surface area contributed by atoms with Crippen LogP contribution in [0.1, 0.15) is 17.8 Å². The van der Waals surface area contributed by atoms with Crippen molar-refractivity contribution in [2.75, 3.05) is 13.1 Å². The SMILES string of the molecule is C(=C1CCCNC1)c1nccs1. The molecule has 0 unspecified atom stereocenters. The smallest absolute Gasteiger partial charge is 0.115 e. The Morgan fingerprint density at radius 3 is 3.25 bits per heavy atom. The highest BCUT2D eigenvalue weighted by molar-refractivity contribution is 7.10. The second kappa shape index (κ2) is 3.83. The third-order valence-electron chi connectivity index (χ3n) is 1.98. The van der Waals surface area contributed by atoms with Crippen LogP contribution in [0.25, 0.3) is 6.08 Å². The first-order chi connectivity index (χ1) is 5.95. The fourth-order valence-corrected chi connectivity index (χ4v) is 2.00. The fraction of sp³-hybridized carbons (Fsp3) is 0.444. The summed E-state index contributed by atoms with van der Waals surface area (Å²) in [5.74, 6) is 0. The Kier molecular flexibility index (Phi) is 2.54. The summed E-state index contributed by atoms with van der Waals surface area (Å²) in [6.45, 7) is 2.20. The van der Waals surface area contributed by atoms with E-state index in [1.54, 1.807) is 11.3 Å². The fourth-order valence-electron chi connectivity index (χ4n) is 1.38. The molecule has 0 amide bonds. The number of nitrogens with zero attached hydrogens (tertiary/aromatic N) is 1. The molecule has 64 valence electrons. The maximum Gasteiger partial charge on any atom is 0.115 e. The topological polar surface area (TPSA) is 24.9 Å². The van der Waals surface area contributed by atoms with Gasteiger partial charge in [0, 0.05) is 18.1 Å². The van der Waals surface area contributed by atoms with Crippen molar-refractivity contribution in [3.8, 4) is 0 Å². The minimum atomic E-state index is 1.04. The summed E-state index contributed by atoms with van der Waals surface area (Å²) in [6, 6.07) is 0. The maximum absolute atomic E-state index is 4.22. The lowest BCUT2D eigenvalue weighted by atomic mass is 10.1. The van der Waals surface area contributed by atoms with Crippen molar-refractivity contribution in [1.82, 2.24) is 10.3 Å². The van der Waals surface area contributed by atoms with E-state index >= 15 is 0 Å². The van der Waals surface area contributed by atoms with Crippen LogP contribution in [0, 0.1) is 0 Å². The lowest BCUT2D eigenvalue weighted by Crippen LogP contribution is -2.23. The van der Waals surface area contributed by atoms with Crippen molar-refractivity contribution in [2.24, 2.45) is 0 Å². The van der Waals surface area contributed by atoms with Gasteiger partial charge in [-0.05, 0) is 25.5 Å². The zero-order chi connectivity index (χ0) is 8.23. The number of hydrogen-bond donors (Lipinski definition) is 1. The molecule has 1 aromatic heterocycles. The Morgan fingerprint density at radius 1 is 1.58 bits per heavy atom. The van der Waals surface area contributed by atoms with E-state index in [0.717, 1.165) is 18.1 Å². The summed E-state index contributed by atoms with van der Waals surface area (Å²) in [5, 5.41) is 6.51.